The Morgan fingerprint density at radius 3 is 2.30 bits per heavy atom. The average molecular weight is 268 g/mol. The molecule has 102 valence electrons. The van der Waals surface area contributed by atoms with Gasteiger partial charge in [0.05, 0.1) is 11.1 Å². The largest absolute Gasteiger partial charge is 0.506 e. The number of nitrogens with zero attached hydrogens (tertiary/aromatic N) is 1. The highest BCUT2D eigenvalue weighted by molar-refractivity contribution is 6.41. The number of hydrogen-bond acceptors (Lipinski definition) is 3. The third-order valence-electron chi connectivity index (χ3n) is 3.70. The molecule has 2 heterocycles. The summed E-state index contributed by atoms with van der Waals surface area (Å²) in [7, 11) is 0. The summed E-state index contributed by atoms with van der Waals surface area (Å²) < 4.78 is 0. The minimum absolute atomic E-state index is 0.0765. The molecule has 3 rings (SSSR count). The van der Waals surface area contributed by atoms with E-state index in [-0.39, 0.29) is 11.5 Å². The third-order valence-corrected chi connectivity index (χ3v) is 3.70. The van der Waals surface area contributed by atoms with Gasteiger partial charge in [0.1, 0.15) is 5.76 Å². The second kappa shape index (κ2) is 4.07. The maximum atomic E-state index is 12.4. The summed E-state index contributed by atoms with van der Waals surface area (Å²) in [6.07, 6.45) is 1.84. The van der Waals surface area contributed by atoms with E-state index in [1.165, 1.54) is 0 Å². The van der Waals surface area contributed by atoms with Crippen LogP contribution in [0.25, 0.3) is 5.57 Å². The third kappa shape index (κ3) is 1.61. The molecule has 1 aliphatic carbocycles. The zero-order valence-corrected chi connectivity index (χ0v) is 12.0. The van der Waals surface area contributed by atoms with Crippen molar-refractivity contribution in [2.45, 2.75) is 27.7 Å². The van der Waals surface area contributed by atoms with Crippen LogP contribution in [-0.2, 0) is 4.79 Å². The number of ketones is 1. The number of hydrogen-bond donors (Lipinski definition) is 2. The molecule has 2 N–H and O–H groups in total. The molecule has 0 saturated carbocycles. The number of carbonyl (C=O) groups excluding carboxylic acids is 1. The molecule has 0 atom stereocenters. The summed E-state index contributed by atoms with van der Waals surface area (Å²) >= 11 is 0. The van der Waals surface area contributed by atoms with Gasteiger partial charge in [-0.25, -0.2) is 0 Å². The van der Waals surface area contributed by atoms with Gasteiger partial charge in [0, 0.05) is 33.9 Å². The van der Waals surface area contributed by atoms with Gasteiger partial charge in [-0.3, -0.25) is 9.79 Å². The molecule has 0 radical (unpaired) electrons. The van der Waals surface area contributed by atoms with Crippen molar-refractivity contribution in [3.8, 4) is 0 Å². The SMILES string of the molecule is CC1=C/C(=C2/C(=O)C(c3cc(C)[nH]c3C)=C2O)C(C)=N1. The second-order valence-electron chi connectivity index (χ2n) is 5.32. The summed E-state index contributed by atoms with van der Waals surface area (Å²) in [5.74, 6) is -0.0345. The first kappa shape index (κ1) is 12.7. The van der Waals surface area contributed by atoms with Crippen LogP contribution >= 0.6 is 0 Å². The van der Waals surface area contributed by atoms with Gasteiger partial charge in [0.2, 0.25) is 5.78 Å². The predicted molar refractivity (Wildman–Crippen MR) is 78.7 cm³/mol. The van der Waals surface area contributed by atoms with Crippen molar-refractivity contribution in [2.24, 2.45) is 4.99 Å². The van der Waals surface area contributed by atoms with Gasteiger partial charge in [0.15, 0.2) is 0 Å². The van der Waals surface area contributed by atoms with Gasteiger partial charge in [0.25, 0.3) is 0 Å². The minimum atomic E-state index is -0.111. The molecule has 4 heteroatoms. The summed E-state index contributed by atoms with van der Waals surface area (Å²) in [6, 6.07) is 1.89. The number of H-pyrrole nitrogens is 1. The van der Waals surface area contributed by atoms with Crippen LogP contribution < -0.4 is 0 Å². The molecule has 2 aliphatic rings. The van der Waals surface area contributed by atoms with Crippen LogP contribution in [0.4, 0.5) is 0 Å². The van der Waals surface area contributed by atoms with E-state index in [1.54, 1.807) is 0 Å². The number of aromatic amines is 1. The quantitative estimate of drug-likeness (QED) is 0.768. The maximum absolute atomic E-state index is 12.4. The molecule has 0 unspecified atom stereocenters. The second-order valence-corrected chi connectivity index (χ2v) is 5.32. The van der Waals surface area contributed by atoms with Gasteiger partial charge in [-0.2, -0.15) is 0 Å². The number of Topliss-reactive ketones (excluding diaryl/α,β-unsaturated/α-hetero) is 1. The van der Waals surface area contributed by atoms with Crippen molar-refractivity contribution in [2.75, 3.05) is 0 Å². The van der Waals surface area contributed by atoms with Crippen molar-refractivity contribution >= 4 is 17.1 Å². The number of aryl methyl sites for hydroxylation is 2. The zero-order valence-electron chi connectivity index (χ0n) is 12.0. The minimum Gasteiger partial charge on any atom is -0.506 e. The predicted octanol–water partition coefficient (Wildman–Crippen LogP) is 3.16. The first-order valence-corrected chi connectivity index (χ1v) is 6.53. The first-order valence-electron chi connectivity index (χ1n) is 6.53. The van der Waals surface area contributed by atoms with Crippen LogP contribution in [-0.4, -0.2) is 21.6 Å². The van der Waals surface area contributed by atoms with Gasteiger partial charge in [-0.1, -0.05) is 0 Å². The standard InChI is InChI=1S/C16H16N2O2/c1-7-5-11(9(3)17-7)13-15(19)14(16(13)20)12-6-8(2)18-10(12)4/h5-6,17,19H,1-4H3/b14-12-. The number of carbonyl (C=O) groups is 1. The van der Waals surface area contributed by atoms with Crippen molar-refractivity contribution in [3.63, 3.8) is 0 Å². The van der Waals surface area contributed by atoms with Crippen LogP contribution in [0, 0.1) is 13.8 Å². The van der Waals surface area contributed by atoms with Crippen molar-refractivity contribution in [3.05, 3.63) is 51.7 Å². The highest BCUT2D eigenvalue weighted by atomic mass is 16.3. The molecule has 1 aromatic rings. The maximum Gasteiger partial charge on any atom is 0.201 e. The number of allylic oxidation sites excluding steroid dienone is 5. The van der Waals surface area contributed by atoms with Crippen LogP contribution in [0.15, 0.2) is 39.7 Å². The zero-order chi connectivity index (χ0) is 14.6. The Balaban J connectivity index is 2.15. The topological polar surface area (TPSA) is 65.5 Å². The van der Waals surface area contributed by atoms with E-state index in [4.69, 9.17) is 0 Å². The lowest BCUT2D eigenvalue weighted by atomic mass is 9.80. The van der Waals surface area contributed by atoms with E-state index < -0.39 is 0 Å². The Hall–Kier alpha value is -2.36. The lowest BCUT2D eigenvalue weighted by Gasteiger charge is -2.23. The smallest absolute Gasteiger partial charge is 0.201 e. The fourth-order valence-electron chi connectivity index (χ4n) is 2.81. The number of rotatable bonds is 1. The summed E-state index contributed by atoms with van der Waals surface area (Å²) in [4.78, 5) is 19.8. The van der Waals surface area contributed by atoms with Crippen LogP contribution in [0.1, 0.15) is 30.8 Å². The van der Waals surface area contributed by atoms with E-state index >= 15 is 0 Å². The van der Waals surface area contributed by atoms with Crippen molar-refractivity contribution < 1.29 is 9.90 Å². The van der Waals surface area contributed by atoms with E-state index in [2.05, 4.69) is 9.98 Å². The molecule has 0 saturated heterocycles. The van der Waals surface area contributed by atoms with E-state index in [9.17, 15) is 9.90 Å². The number of aliphatic hydroxyl groups is 1. The molecule has 20 heavy (non-hydrogen) atoms. The number of nitrogens with one attached hydrogen (secondary N) is 1. The Labute approximate surface area is 117 Å². The molecule has 0 amide bonds. The fourth-order valence-corrected chi connectivity index (χ4v) is 2.81. The average Bonchev–Trinajstić information content (AvgIpc) is 2.83. The number of aliphatic imine (C=N–C) groups is 1. The Kier molecular flexibility index (Phi) is 2.57. The molecule has 1 aliphatic heterocycles. The van der Waals surface area contributed by atoms with E-state index in [0.717, 1.165) is 33.9 Å². The molecule has 1 aromatic heterocycles. The molecule has 4 nitrogen and oxygen atoms in total. The van der Waals surface area contributed by atoms with E-state index in [0.29, 0.717) is 11.1 Å². The van der Waals surface area contributed by atoms with Gasteiger partial charge in [-0.15, -0.1) is 0 Å². The van der Waals surface area contributed by atoms with Crippen LogP contribution in [0.3, 0.4) is 0 Å². The highest BCUT2D eigenvalue weighted by Gasteiger charge is 2.38. The summed E-state index contributed by atoms with van der Waals surface area (Å²) in [5.41, 5.74) is 5.80. The summed E-state index contributed by atoms with van der Waals surface area (Å²) in [5, 5.41) is 10.3. The molecule has 0 spiro atoms. The molecule has 0 fully saturated rings. The molecular weight excluding hydrogens is 252 g/mol. The number of aromatic nitrogens is 1. The Bertz CT molecular complexity index is 770. The molecular formula is C16H16N2O2. The first-order chi connectivity index (χ1) is 9.40. The normalized spacial score (nSPS) is 22.1. The van der Waals surface area contributed by atoms with Crippen LogP contribution in [0.5, 0.6) is 0 Å². The molecule has 0 aromatic carbocycles. The highest BCUT2D eigenvalue weighted by Crippen LogP contribution is 2.40. The van der Waals surface area contributed by atoms with E-state index in [1.807, 2.05) is 39.8 Å². The van der Waals surface area contributed by atoms with Crippen molar-refractivity contribution in [1.29, 1.82) is 0 Å². The van der Waals surface area contributed by atoms with Crippen molar-refractivity contribution in [1.82, 2.24) is 4.98 Å². The Morgan fingerprint density at radius 1 is 1.15 bits per heavy atom. The fraction of sp³-hybridized carbons (Fsp3) is 0.250. The van der Waals surface area contributed by atoms with Gasteiger partial charge < -0.3 is 10.1 Å². The lowest BCUT2D eigenvalue weighted by molar-refractivity contribution is -0.111. The van der Waals surface area contributed by atoms with Gasteiger partial charge in [-0.05, 0) is 39.8 Å². The van der Waals surface area contributed by atoms with Gasteiger partial charge >= 0.3 is 0 Å². The lowest BCUT2D eigenvalue weighted by Crippen LogP contribution is -2.24. The monoisotopic (exact) mass is 268 g/mol. The van der Waals surface area contributed by atoms with Crippen LogP contribution in [0.2, 0.25) is 0 Å². The summed E-state index contributed by atoms with van der Waals surface area (Å²) in [6.45, 7) is 7.55. The Morgan fingerprint density at radius 2 is 1.85 bits per heavy atom. The molecule has 0 bridgehead atoms. The number of aliphatic hydroxyl groups excluding tert-OH is 1.